The Morgan fingerprint density at radius 1 is 1.28 bits per heavy atom. The lowest BCUT2D eigenvalue weighted by Crippen LogP contribution is -2.10. The quantitative estimate of drug-likeness (QED) is 0.876. The van der Waals surface area contributed by atoms with Crippen molar-refractivity contribution in [2.45, 2.75) is 32.7 Å². The molecule has 0 radical (unpaired) electrons. The van der Waals surface area contributed by atoms with Crippen molar-refractivity contribution in [2.75, 3.05) is 6.54 Å². The Labute approximate surface area is 108 Å². The van der Waals surface area contributed by atoms with Crippen molar-refractivity contribution in [3.05, 3.63) is 47.3 Å². The topological polar surface area (TPSA) is 56.7 Å². The molecule has 0 aliphatic heterocycles. The van der Waals surface area contributed by atoms with Crippen LogP contribution in [0.1, 0.15) is 36.3 Å². The summed E-state index contributed by atoms with van der Waals surface area (Å²) in [4.78, 5) is 0. The van der Waals surface area contributed by atoms with E-state index in [4.69, 9.17) is 5.73 Å². The zero-order chi connectivity index (χ0) is 13.0. The van der Waals surface area contributed by atoms with Gasteiger partial charge in [-0.1, -0.05) is 35.5 Å². The molecular weight excluding hydrogens is 224 g/mol. The molecule has 0 amide bonds. The lowest BCUT2D eigenvalue weighted by molar-refractivity contribution is 0.531. The van der Waals surface area contributed by atoms with Crippen LogP contribution in [0, 0.1) is 6.92 Å². The predicted molar refractivity (Wildman–Crippen MR) is 72.4 cm³/mol. The van der Waals surface area contributed by atoms with Gasteiger partial charge < -0.3 is 5.73 Å². The fraction of sp³-hybridized carbons (Fsp3) is 0.429. The highest BCUT2D eigenvalue weighted by molar-refractivity contribution is 5.20. The van der Waals surface area contributed by atoms with Crippen molar-refractivity contribution in [1.29, 1.82) is 0 Å². The number of aromatic nitrogens is 3. The number of hydrogen-bond donors (Lipinski definition) is 1. The highest BCUT2D eigenvalue weighted by atomic mass is 15.4. The highest BCUT2D eigenvalue weighted by Gasteiger charge is 2.14. The minimum Gasteiger partial charge on any atom is -0.330 e. The van der Waals surface area contributed by atoms with Crippen LogP contribution >= 0.6 is 0 Å². The molecule has 1 aromatic carbocycles. The first-order chi connectivity index (χ1) is 8.74. The summed E-state index contributed by atoms with van der Waals surface area (Å²) in [5, 5.41) is 8.53. The molecule has 0 fully saturated rings. The number of rotatable bonds is 5. The molecule has 0 saturated carbocycles. The van der Waals surface area contributed by atoms with E-state index in [-0.39, 0.29) is 6.04 Å². The average molecular weight is 244 g/mol. The van der Waals surface area contributed by atoms with Crippen LogP contribution in [0.15, 0.2) is 30.3 Å². The largest absolute Gasteiger partial charge is 0.330 e. The monoisotopic (exact) mass is 244 g/mol. The van der Waals surface area contributed by atoms with Gasteiger partial charge in [0.25, 0.3) is 0 Å². The molecule has 96 valence electrons. The van der Waals surface area contributed by atoms with Crippen LogP contribution in [-0.2, 0) is 6.42 Å². The van der Waals surface area contributed by atoms with Gasteiger partial charge in [-0.25, -0.2) is 4.68 Å². The van der Waals surface area contributed by atoms with Crippen molar-refractivity contribution in [2.24, 2.45) is 5.73 Å². The van der Waals surface area contributed by atoms with Gasteiger partial charge >= 0.3 is 0 Å². The number of nitrogens with two attached hydrogens (primary N) is 1. The molecule has 2 N–H and O–H groups in total. The SMILES string of the molecule is Cc1c(CCCN)nnn1C(C)c1ccccc1. The molecule has 1 heterocycles. The second kappa shape index (κ2) is 5.78. The van der Waals surface area contributed by atoms with E-state index in [1.54, 1.807) is 0 Å². The zero-order valence-corrected chi connectivity index (χ0v) is 11.0. The first kappa shape index (κ1) is 12.8. The van der Waals surface area contributed by atoms with Gasteiger partial charge in [0.1, 0.15) is 0 Å². The predicted octanol–water partition coefficient (Wildman–Crippen LogP) is 2.09. The molecule has 2 rings (SSSR count). The van der Waals surface area contributed by atoms with E-state index in [0.717, 1.165) is 24.2 Å². The maximum atomic E-state index is 5.53. The van der Waals surface area contributed by atoms with Crippen LogP contribution < -0.4 is 5.73 Å². The summed E-state index contributed by atoms with van der Waals surface area (Å²) in [6.07, 6.45) is 1.86. The molecule has 0 aliphatic rings. The number of hydrogen-bond acceptors (Lipinski definition) is 3. The number of benzene rings is 1. The summed E-state index contributed by atoms with van der Waals surface area (Å²) in [6.45, 7) is 4.91. The van der Waals surface area contributed by atoms with Crippen LogP contribution in [0.3, 0.4) is 0 Å². The molecule has 0 bridgehead atoms. The standard InChI is InChI=1S/C14H20N4/c1-11(13-7-4-3-5-8-13)18-12(2)14(16-17-18)9-6-10-15/h3-5,7-8,11H,6,9-10,15H2,1-2H3. The lowest BCUT2D eigenvalue weighted by atomic mass is 10.1. The van der Waals surface area contributed by atoms with Crippen LogP contribution in [0.5, 0.6) is 0 Å². The van der Waals surface area contributed by atoms with Crippen molar-refractivity contribution < 1.29 is 0 Å². The smallest absolute Gasteiger partial charge is 0.0857 e. The Kier molecular flexibility index (Phi) is 4.10. The van der Waals surface area contributed by atoms with Gasteiger partial charge in [0.05, 0.1) is 17.4 Å². The third kappa shape index (κ3) is 2.59. The molecule has 1 unspecified atom stereocenters. The van der Waals surface area contributed by atoms with Crippen molar-refractivity contribution in [1.82, 2.24) is 15.0 Å². The Morgan fingerprint density at radius 2 is 2.00 bits per heavy atom. The summed E-state index contributed by atoms with van der Waals surface area (Å²) in [5.74, 6) is 0. The van der Waals surface area contributed by atoms with Crippen LogP contribution in [0.4, 0.5) is 0 Å². The Balaban J connectivity index is 2.21. The van der Waals surface area contributed by atoms with Gasteiger partial charge in [-0.3, -0.25) is 0 Å². The molecule has 4 heteroatoms. The fourth-order valence-electron chi connectivity index (χ4n) is 2.11. The summed E-state index contributed by atoms with van der Waals surface area (Å²) < 4.78 is 1.99. The maximum absolute atomic E-state index is 5.53. The molecule has 18 heavy (non-hydrogen) atoms. The van der Waals surface area contributed by atoms with E-state index >= 15 is 0 Å². The van der Waals surface area contributed by atoms with Crippen LogP contribution in [0.2, 0.25) is 0 Å². The Bertz CT molecular complexity index is 490. The Morgan fingerprint density at radius 3 is 2.67 bits per heavy atom. The molecule has 1 aromatic heterocycles. The van der Waals surface area contributed by atoms with E-state index < -0.39 is 0 Å². The van der Waals surface area contributed by atoms with Gasteiger partial charge in [0, 0.05) is 0 Å². The minimum absolute atomic E-state index is 0.213. The lowest BCUT2D eigenvalue weighted by Gasteiger charge is -2.13. The first-order valence-corrected chi connectivity index (χ1v) is 6.39. The molecular formula is C14H20N4. The van der Waals surface area contributed by atoms with E-state index in [9.17, 15) is 0 Å². The normalized spacial score (nSPS) is 12.6. The molecule has 0 saturated heterocycles. The molecule has 1 atom stereocenters. The second-order valence-electron chi connectivity index (χ2n) is 4.55. The molecule has 2 aromatic rings. The summed E-state index contributed by atoms with van der Waals surface area (Å²) in [5.41, 5.74) is 8.97. The average Bonchev–Trinajstić information content (AvgIpc) is 2.78. The summed E-state index contributed by atoms with van der Waals surface area (Å²) >= 11 is 0. The van der Waals surface area contributed by atoms with Gasteiger partial charge in [-0.05, 0) is 38.8 Å². The highest BCUT2D eigenvalue weighted by Crippen LogP contribution is 2.19. The van der Waals surface area contributed by atoms with Crippen molar-refractivity contribution in [3.63, 3.8) is 0 Å². The van der Waals surface area contributed by atoms with E-state index in [1.165, 1.54) is 5.56 Å². The van der Waals surface area contributed by atoms with Crippen LogP contribution in [-0.4, -0.2) is 21.5 Å². The minimum atomic E-state index is 0.213. The van der Waals surface area contributed by atoms with Crippen LogP contribution in [0.25, 0.3) is 0 Å². The molecule has 0 spiro atoms. The van der Waals surface area contributed by atoms with E-state index in [1.807, 2.05) is 22.9 Å². The number of aryl methyl sites for hydroxylation is 1. The molecule has 0 aliphatic carbocycles. The van der Waals surface area contributed by atoms with Gasteiger partial charge in [-0.15, -0.1) is 5.10 Å². The van der Waals surface area contributed by atoms with Crippen molar-refractivity contribution in [3.8, 4) is 0 Å². The van der Waals surface area contributed by atoms with E-state index in [0.29, 0.717) is 6.54 Å². The van der Waals surface area contributed by atoms with Gasteiger partial charge in [0.15, 0.2) is 0 Å². The van der Waals surface area contributed by atoms with E-state index in [2.05, 4.69) is 36.3 Å². The third-order valence-corrected chi connectivity index (χ3v) is 3.29. The van der Waals surface area contributed by atoms with Gasteiger partial charge in [-0.2, -0.15) is 0 Å². The Hall–Kier alpha value is -1.68. The second-order valence-corrected chi connectivity index (χ2v) is 4.55. The van der Waals surface area contributed by atoms with Gasteiger partial charge in [0.2, 0.25) is 0 Å². The number of nitrogens with zero attached hydrogens (tertiary/aromatic N) is 3. The maximum Gasteiger partial charge on any atom is 0.0857 e. The zero-order valence-electron chi connectivity index (χ0n) is 11.0. The third-order valence-electron chi connectivity index (χ3n) is 3.29. The summed E-state index contributed by atoms with van der Waals surface area (Å²) in [6, 6.07) is 10.6. The summed E-state index contributed by atoms with van der Waals surface area (Å²) in [7, 11) is 0. The first-order valence-electron chi connectivity index (χ1n) is 6.39. The fourth-order valence-corrected chi connectivity index (χ4v) is 2.11. The van der Waals surface area contributed by atoms with Crippen molar-refractivity contribution >= 4 is 0 Å². The molecule has 4 nitrogen and oxygen atoms in total.